The number of carbonyl (C=O) groups is 1. The number of fused-ring (bicyclic) bond motifs is 1. The van der Waals surface area contributed by atoms with Crippen molar-refractivity contribution in [1.82, 2.24) is 4.57 Å². The molecule has 0 radical (unpaired) electrons. The highest BCUT2D eigenvalue weighted by Gasteiger charge is 2.18. The maximum atomic E-state index is 11.8. The highest BCUT2D eigenvalue weighted by Crippen LogP contribution is 2.29. The van der Waals surface area contributed by atoms with E-state index in [2.05, 4.69) is 17.0 Å². The Balaban J connectivity index is 1.77. The normalized spacial score (nSPS) is 14.3. The molecule has 2 aromatic carbocycles. The Morgan fingerprint density at radius 2 is 1.77 bits per heavy atom. The van der Waals surface area contributed by atoms with Crippen LogP contribution in [0.4, 0.5) is 5.69 Å². The number of anilines is 1. The van der Waals surface area contributed by atoms with E-state index in [9.17, 15) is 9.90 Å². The van der Waals surface area contributed by atoms with Gasteiger partial charge in [-0.15, -0.1) is 0 Å². The molecule has 1 aliphatic heterocycles. The fourth-order valence-electron chi connectivity index (χ4n) is 3.60. The Morgan fingerprint density at radius 1 is 1.00 bits per heavy atom. The van der Waals surface area contributed by atoms with Crippen molar-refractivity contribution < 1.29 is 9.90 Å². The van der Waals surface area contributed by atoms with Crippen LogP contribution in [0.5, 0.6) is 0 Å². The van der Waals surface area contributed by atoms with Gasteiger partial charge in [-0.2, -0.15) is 0 Å². The van der Waals surface area contributed by atoms with E-state index in [1.165, 1.54) is 12.8 Å². The van der Waals surface area contributed by atoms with Crippen LogP contribution in [0, 0.1) is 0 Å². The van der Waals surface area contributed by atoms with Gasteiger partial charge in [0.1, 0.15) is 5.69 Å². The van der Waals surface area contributed by atoms with Gasteiger partial charge >= 0.3 is 5.97 Å². The quantitative estimate of drug-likeness (QED) is 0.659. The van der Waals surface area contributed by atoms with Crippen LogP contribution in [0.3, 0.4) is 0 Å². The van der Waals surface area contributed by atoms with Gasteiger partial charge in [-0.3, -0.25) is 0 Å². The summed E-state index contributed by atoms with van der Waals surface area (Å²) in [5.74, 6) is -0.941. The standard InChI is InChI=1S/C20H18Cl2N2O2/c21-16-5-3-13(9-17(16)22)12-24-18-6-4-15(23-7-1-2-8-23)10-14(18)11-19(24)20(25)26/h3-6,9-11H,1-2,7-8,12H2,(H,25,26). The molecule has 4 nitrogen and oxygen atoms in total. The summed E-state index contributed by atoms with van der Waals surface area (Å²) < 4.78 is 1.81. The predicted molar refractivity (Wildman–Crippen MR) is 106 cm³/mol. The highest BCUT2D eigenvalue weighted by molar-refractivity contribution is 6.42. The van der Waals surface area contributed by atoms with Crippen molar-refractivity contribution in [3.8, 4) is 0 Å². The molecule has 0 bridgehead atoms. The average Bonchev–Trinajstić information content (AvgIpc) is 3.26. The topological polar surface area (TPSA) is 45.5 Å². The van der Waals surface area contributed by atoms with Crippen molar-refractivity contribution in [3.63, 3.8) is 0 Å². The Kier molecular flexibility index (Phi) is 4.55. The van der Waals surface area contributed by atoms with Crippen molar-refractivity contribution in [2.45, 2.75) is 19.4 Å². The summed E-state index contributed by atoms with van der Waals surface area (Å²) in [6, 6.07) is 13.3. The number of halogens is 2. The fourth-order valence-corrected chi connectivity index (χ4v) is 3.92. The van der Waals surface area contributed by atoms with Crippen LogP contribution in [0.2, 0.25) is 10.0 Å². The van der Waals surface area contributed by atoms with E-state index < -0.39 is 5.97 Å². The molecule has 0 unspecified atom stereocenters. The number of nitrogens with zero attached hydrogens (tertiary/aromatic N) is 2. The fraction of sp³-hybridized carbons (Fsp3) is 0.250. The lowest BCUT2D eigenvalue weighted by Crippen LogP contribution is -2.17. The van der Waals surface area contributed by atoms with E-state index in [1.54, 1.807) is 18.2 Å². The van der Waals surface area contributed by atoms with Crippen molar-refractivity contribution in [2.75, 3.05) is 18.0 Å². The summed E-state index contributed by atoms with van der Waals surface area (Å²) in [6.45, 7) is 2.54. The molecular formula is C20H18Cl2N2O2. The Bertz CT molecular complexity index is 991. The Hall–Kier alpha value is -2.17. The highest BCUT2D eigenvalue weighted by atomic mass is 35.5. The molecule has 6 heteroatoms. The third-order valence-corrected chi connectivity index (χ3v) is 5.64. The molecular weight excluding hydrogens is 371 g/mol. The number of rotatable bonds is 4. The van der Waals surface area contributed by atoms with E-state index in [1.807, 2.05) is 16.7 Å². The molecule has 0 aliphatic carbocycles. The van der Waals surface area contributed by atoms with Crippen molar-refractivity contribution in [2.24, 2.45) is 0 Å². The van der Waals surface area contributed by atoms with Gasteiger partial charge in [-0.25, -0.2) is 4.79 Å². The molecule has 0 amide bonds. The lowest BCUT2D eigenvalue weighted by atomic mass is 10.2. The van der Waals surface area contributed by atoms with Crippen LogP contribution in [-0.2, 0) is 6.54 Å². The number of aromatic carboxylic acids is 1. The molecule has 1 saturated heterocycles. The molecule has 2 heterocycles. The molecule has 0 saturated carbocycles. The lowest BCUT2D eigenvalue weighted by molar-refractivity contribution is 0.0686. The molecule has 134 valence electrons. The van der Waals surface area contributed by atoms with Gasteiger partial charge in [0.25, 0.3) is 0 Å². The maximum absolute atomic E-state index is 11.8. The number of hydrogen-bond donors (Lipinski definition) is 1. The van der Waals surface area contributed by atoms with Gasteiger partial charge in [0.2, 0.25) is 0 Å². The summed E-state index contributed by atoms with van der Waals surface area (Å²) in [5, 5.41) is 11.5. The molecule has 1 N–H and O–H groups in total. The molecule has 1 aromatic heterocycles. The lowest BCUT2D eigenvalue weighted by Gasteiger charge is -2.17. The summed E-state index contributed by atoms with van der Waals surface area (Å²) in [5.41, 5.74) is 3.22. The Morgan fingerprint density at radius 3 is 2.46 bits per heavy atom. The summed E-state index contributed by atoms with van der Waals surface area (Å²) in [4.78, 5) is 14.1. The van der Waals surface area contributed by atoms with Crippen LogP contribution in [0.1, 0.15) is 28.9 Å². The first-order chi connectivity index (χ1) is 12.5. The zero-order chi connectivity index (χ0) is 18.3. The monoisotopic (exact) mass is 388 g/mol. The summed E-state index contributed by atoms with van der Waals surface area (Å²) >= 11 is 12.1. The van der Waals surface area contributed by atoms with Crippen LogP contribution in [0.25, 0.3) is 10.9 Å². The third-order valence-electron chi connectivity index (χ3n) is 4.90. The van der Waals surface area contributed by atoms with Gasteiger partial charge < -0.3 is 14.6 Å². The zero-order valence-electron chi connectivity index (χ0n) is 14.1. The molecule has 0 spiro atoms. The summed E-state index contributed by atoms with van der Waals surface area (Å²) in [7, 11) is 0. The minimum absolute atomic E-state index is 0.268. The summed E-state index contributed by atoms with van der Waals surface area (Å²) in [6.07, 6.45) is 2.41. The zero-order valence-corrected chi connectivity index (χ0v) is 15.6. The van der Waals surface area contributed by atoms with Crippen LogP contribution >= 0.6 is 23.2 Å². The number of carboxylic acids is 1. The van der Waals surface area contributed by atoms with Crippen molar-refractivity contribution in [1.29, 1.82) is 0 Å². The SMILES string of the molecule is O=C(O)c1cc2cc(N3CCCC3)ccc2n1Cc1ccc(Cl)c(Cl)c1. The van der Waals surface area contributed by atoms with Crippen LogP contribution in [-0.4, -0.2) is 28.7 Å². The van der Waals surface area contributed by atoms with E-state index >= 15 is 0 Å². The van der Waals surface area contributed by atoms with Crippen LogP contribution < -0.4 is 4.90 Å². The van der Waals surface area contributed by atoms with E-state index in [4.69, 9.17) is 23.2 Å². The van der Waals surface area contributed by atoms with Gasteiger partial charge in [0, 0.05) is 36.2 Å². The van der Waals surface area contributed by atoms with Gasteiger partial charge in [0.15, 0.2) is 0 Å². The van der Waals surface area contributed by atoms with Crippen molar-refractivity contribution >= 4 is 45.8 Å². The first-order valence-corrected chi connectivity index (χ1v) is 9.34. The van der Waals surface area contributed by atoms with Gasteiger partial charge in [0.05, 0.1) is 10.0 Å². The van der Waals surface area contributed by atoms with E-state index in [0.29, 0.717) is 16.6 Å². The number of carboxylic acid groups (broad SMARTS) is 1. The molecule has 3 aromatic rings. The Labute approximate surface area is 161 Å². The number of benzene rings is 2. The smallest absolute Gasteiger partial charge is 0.352 e. The van der Waals surface area contributed by atoms with Crippen molar-refractivity contribution in [3.05, 3.63) is 63.8 Å². The molecule has 0 atom stereocenters. The third kappa shape index (κ3) is 3.15. The molecule has 1 aliphatic rings. The molecule has 26 heavy (non-hydrogen) atoms. The maximum Gasteiger partial charge on any atom is 0.352 e. The predicted octanol–water partition coefficient (Wildman–Crippen LogP) is 5.29. The number of hydrogen-bond acceptors (Lipinski definition) is 2. The second kappa shape index (κ2) is 6.86. The first kappa shape index (κ1) is 17.3. The first-order valence-electron chi connectivity index (χ1n) is 8.58. The van der Waals surface area contributed by atoms with E-state index in [0.717, 1.165) is 35.2 Å². The second-order valence-corrected chi connectivity index (χ2v) is 7.42. The number of aromatic nitrogens is 1. The largest absolute Gasteiger partial charge is 0.477 e. The minimum atomic E-state index is -0.941. The van der Waals surface area contributed by atoms with E-state index in [-0.39, 0.29) is 5.69 Å². The molecule has 4 rings (SSSR count). The van der Waals surface area contributed by atoms with Gasteiger partial charge in [-0.05, 0) is 54.8 Å². The average molecular weight is 389 g/mol. The minimum Gasteiger partial charge on any atom is -0.477 e. The second-order valence-electron chi connectivity index (χ2n) is 6.61. The van der Waals surface area contributed by atoms with Gasteiger partial charge in [-0.1, -0.05) is 29.3 Å². The molecule has 1 fully saturated rings. The van der Waals surface area contributed by atoms with Crippen LogP contribution in [0.15, 0.2) is 42.5 Å².